The molecule has 0 unspecified atom stereocenters. The fourth-order valence-electron chi connectivity index (χ4n) is 1.29. The quantitative estimate of drug-likeness (QED) is 0.653. The van der Waals surface area contributed by atoms with Crippen molar-refractivity contribution in [3.63, 3.8) is 0 Å². The molecule has 0 spiro atoms. The van der Waals surface area contributed by atoms with Gasteiger partial charge in [0.1, 0.15) is 17.1 Å². The second-order valence-electron chi connectivity index (χ2n) is 2.96. The minimum atomic E-state index is -0.0961. The Morgan fingerprint density at radius 1 is 1.33 bits per heavy atom. The average molecular weight is 209 g/mol. The number of nitrogens with zero attached hydrogens (tertiary/aromatic N) is 3. The van der Waals surface area contributed by atoms with Crippen LogP contribution in [0.1, 0.15) is 11.1 Å². The molecule has 2 aromatic rings. The molecule has 0 aromatic carbocycles. The van der Waals surface area contributed by atoms with Gasteiger partial charge < -0.3 is 5.11 Å². The third-order valence-corrected chi connectivity index (χ3v) is 2.05. The van der Waals surface area contributed by atoms with Crippen LogP contribution < -0.4 is 0 Å². The predicted molar refractivity (Wildman–Crippen MR) is 57.8 cm³/mol. The molecule has 0 aliphatic rings. The molecule has 2 aromatic heterocycles. The van der Waals surface area contributed by atoms with Crippen molar-refractivity contribution < 1.29 is 5.11 Å². The third kappa shape index (κ3) is 1.95. The molecule has 0 saturated carbocycles. The van der Waals surface area contributed by atoms with Crippen molar-refractivity contribution in [1.29, 1.82) is 5.26 Å². The van der Waals surface area contributed by atoms with Crippen LogP contribution in [-0.2, 0) is 0 Å². The predicted octanol–water partition coefficient (Wildman–Crippen LogP) is 0.867. The van der Waals surface area contributed by atoms with Crippen LogP contribution in [0.3, 0.4) is 0 Å². The van der Waals surface area contributed by atoms with Gasteiger partial charge in [-0.2, -0.15) is 5.26 Å². The van der Waals surface area contributed by atoms with E-state index in [0.29, 0.717) is 11.0 Å². The number of aromatic nitrogens is 2. The van der Waals surface area contributed by atoms with E-state index < -0.39 is 0 Å². The Balaban J connectivity index is 0.00000112. The summed E-state index contributed by atoms with van der Waals surface area (Å²) >= 11 is 0. The Kier molecular flexibility index (Phi) is 3.64. The van der Waals surface area contributed by atoms with Crippen molar-refractivity contribution in [3.05, 3.63) is 29.6 Å². The maximum atomic E-state index is 9.65. The molecular formula is C10H8N3NaO. The summed E-state index contributed by atoms with van der Waals surface area (Å²) in [5, 5.41) is 18.3. The van der Waals surface area contributed by atoms with Crippen LogP contribution in [0, 0.1) is 18.3 Å². The number of hydrogen-bond donors (Lipinski definition) is 1. The van der Waals surface area contributed by atoms with Crippen LogP contribution in [0.4, 0.5) is 0 Å². The van der Waals surface area contributed by atoms with Crippen LogP contribution in [0.2, 0.25) is 0 Å². The van der Waals surface area contributed by atoms with Crippen LogP contribution in [-0.4, -0.2) is 44.6 Å². The normalized spacial score (nSPS) is 9.33. The average Bonchev–Trinajstić information content (AvgIpc) is 2.20. The molecule has 5 heteroatoms. The second kappa shape index (κ2) is 4.58. The number of aryl methyl sites for hydroxylation is 1. The monoisotopic (exact) mass is 209 g/mol. The Labute approximate surface area is 109 Å². The van der Waals surface area contributed by atoms with Gasteiger partial charge in [0.2, 0.25) is 0 Å². The van der Waals surface area contributed by atoms with E-state index in [9.17, 15) is 5.11 Å². The summed E-state index contributed by atoms with van der Waals surface area (Å²) in [6.45, 7) is 1.88. The van der Waals surface area contributed by atoms with Gasteiger partial charge >= 0.3 is 29.6 Å². The first-order chi connectivity index (χ1) is 6.74. The molecule has 0 radical (unpaired) electrons. The van der Waals surface area contributed by atoms with Gasteiger partial charge in [-0.15, -0.1) is 0 Å². The fraction of sp³-hybridized carbons (Fsp3) is 0.100. The molecule has 15 heavy (non-hydrogen) atoms. The number of nitriles is 1. The topological polar surface area (TPSA) is 69.8 Å². The van der Waals surface area contributed by atoms with Gasteiger partial charge in [-0.3, -0.25) is 9.97 Å². The van der Waals surface area contributed by atoms with Crippen LogP contribution in [0.5, 0.6) is 5.75 Å². The Bertz CT molecular complexity index is 548. The number of pyridine rings is 2. The van der Waals surface area contributed by atoms with E-state index in [4.69, 9.17) is 5.26 Å². The molecule has 4 nitrogen and oxygen atoms in total. The molecule has 2 heterocycles. The number of rotatable bonds is 0. The van der Waals surface area contributed by atoms with Gasteiger partial charge in [0, 0.05) is 12.4 Å². The second-order valence-corrected chi connectivity index (χ2v) is 2.96. The van der Waals surface area contributed by atoms with E-state index in [2.05, 4.69) is 9.97 Å². The zero-order chi connectivity index (χ0) is 10.1. The molecule has 0 atom stereocenters. The molecule has 0 bridgehead atoms. The third-order valence-electron chi connectivity index (χ3n) is 2.05. The molecule has 0 amide bonds. The summed E-state index contributed by atoms with van der Waals surface area (Å²) in [5.74, 6) is -0.0961. The molecule has 0 saturated heterocycles. The van der Waals surface area contributed by atoms with E-state index in [1.165, 1.54) is 6.20 Å². The Morgan fingerprint density at radius 3 is 2.73 bits per heavy atom. The number of aromatic hydroxyl groups is 1. The van der Waals surface area contributed by atoms with Crippen LogP contribution >= 0.6 is 0 Å². The van der Waals surface area contributed by atoms with Gasteiger partial charge in [0.05, 0.1) is 5.52 Å². The summed E-state index contributed by atoms with van der Waals surface area (Å²) < 4.78 is 0. The zero-order valence-corrected chi connectivity index (χ0v) is 7.52. The summed E-state index contributed by atoms with van der Waals surface area (Å²) in [5.41, 5.74) is 2.08. The first kappa shape index (κ1) is 11.9. The Hall–Kier alpha value is -1.15. The zero-order valence-electron chi connectivity index (χ0n) is 7.52. The minimum absolute atomic E-state index is 0. The van der Waals surface area contributed by atoms with Crippen LogP contribution in [0.25, 0.3) is 11.0 Å². The van der Waals surface area contributed by atoms with Gasteiger partial charge in [-0.05, 0) is 18.6 Å². The van der Waals surface area contributed by atoms with Gasteiger partial charge in [-0.1, -0.05) is 0 Å². The fourth-order valence-corrected chi connectivity index (χ4v) is 1.29. The molecule has 70 valence electrons. The molecular weight excluding hydrogens is 201 g/mol. The van der Waals surface area contributed by atoms with Crippen molar-refractivity contribution in [1.82, 2.24) is 9.97 Å². The number of hydrogen-bond acceptors (Lipinski definition) is 4. The van der Waals surface area contributed by atoms with E-state index in [1.54, 1.807) is 12.3 Å². The van der Waals surface area contributed by atoms with Gasteiger partial charge in [0.15, 0.2) is 5.75 Å². The van der Waals surface area contributed by atoms with Gasteiger partial charge in [0.25, 0.3) is 0 Å². The summed E-state index contributed by atoms with van der Waals surface area (Å²) in [7, 11) is 0. The van der Waals surface area contributed by atoms with Gasteiger partial charge in [-0.25, -0.2) is 0 Å². The SMILES string of the molecule is Cc1ccnc2c(O)c(C#N)cnc12.[NaH]. The van der Waals surface area contributed by atoms with Crippen molar-refractivity contribution >= 4 is 40.6 Å². The molecule has 2 rings (SSSR count). The summed E-state index contributed by atoms with van der Waals surface area (Å²) in [6.07, 6.45) is 2.94. The standard InChI is InChI=1S/C10H7N3O.Na.H/c1-6-2-3-12-9-8(6)13-5-7(4-11)10(9)14;;/h2-3,5H,1H3,(H,13,14);;. The van der Waals surface area contributed by atoms with E-state index >= 15 is 0 Å². The van der Waals surface area contributed by atoms with Crippen molar-refractivity contribution in [2.75, 3.05) is 0 Å². The van der Waals surface area contributed by atoms with E-state index in [0.717, 1.165) is 5.56 Å². The van der Waals surface area contributed by atoms with E-state index in [-0.39, 0.29) is 40.9 Å². The summed E-state index contributed by atoms with van der Waals surface area (Å²) in [6, 6.07) is 3.66. The van der Waals surface area contributed by atoms with Crippen LogP contribution in [0.15, 0.2) is 18.5 Å². The molecule has 0 aliphatic heterocycles. The Morgan fingerprint density at radius 2 is 2.07 bits per heavy atom. The summed E-state index contributed by atoms with van der Waals surface area (Å²) in [4.78, 5) is 8.05. The maximum absolute atomic E-state index is 9.65. The van der Waals surface area contributed by atoms with Crippen molar-refractivity contribution in [2.45, 2.75) is 6.92 Å². The van der Waals surface area contributed by atoms with Crippen molar-refractivity contribution in [3.8, 4) is 11.8 Å². The molecule has 0 aliphatic carbocycles. The molecule has 1 N–H and O–H groups in total. The van der Waals surface area contributed by atoms with E-state index in [1.807, 2.05) is 13.0 Å². The number of fused-ring (bicyclic) bond motifs is 1. The first-order valence-corrected chi connectivity index (χ1v) is 4.07. The molecule has 0 fully saturated rings. The van der Waals surface area contributed by atoms with Crippen molar-refractivity contribution in [2.24, 2.45) is 0 Å². The first-order valence-electron chi connectivity index (χ1n) is 4.07.